The lowest BCUT2D eigenvalue weighted by Gasteiger charge is -2.24. The van der Waals surface area contributed by atoms with Gasteiger partial charge in [0.15, 0.2) is 0 Å². The minimum absolute atomic E-state index is 0.222. The van der Waals surface area contributed by atoms with Gasteiger partial charge in [-0.05, 0) is 24.6 Å². The fraction of sp³-hybridized carbons (Fsp3) is 0.278. The van der Waals surface area contributed by atoms with E-state index in [2.05, 4.69) is 11.8 Å². The van der Waals surface area contributed by atoms with E-state index in [1.807, 2.05) is 18.2 Å². The van der Waals surface area contributed by atoms with E-state index < -0.39 is 23.9 Å². The highest BCUT2D eigenvalue weighted by molar-refractivity contribution is 6.05. The molecule has 0 bridgehead atoms. The van der Waals surface area contributed by atoms with E-state index in [1.54, 1.807) is 24.3 Å². The van der Waals surface area contributed by atoms with Crippen molar-refractivity contribution in [1.29, 1.82) is 0 Å². The first-order valence-corrected chi connectivity index (χ1v) is 7.33. The highest BCUT2D eigenvalue weighted by Gasteiger charge is 2.50. The summed E-state index contributed by atoms with van der Waals surface area (Å²) < 4.78 is 5.29. The van der Waals surface area contributed by atoms with Crippen LogP contribution in [0.1, 0.15) is 12.0 Å². The maximum atomic E-state index is 12.2. The van der Waals surface area contributed by atoms with Crippen LogP contribution in [0.5, 0.6) is 0 Å². The van der Waals surface area contributed by atoms with Gasteiger partial charge in [0, 0.05) is 18.5 Å². The van der Waals surface area contributed by atoms with E-state index in [-0.39, 0.29) is 11.8 Å². The van der Waals surface area contributed by atoms with Gasteiger partial charge in [-0.2, -0.15) is 0 Å². The van der Waals surface area contributed by atoms with Crippen LogP contribution >= 0.6 is 0 Å². The third kappa shape index (κ3) is 2.88. The predicted molar refractivity (Wildman–Crippen MR) is 81.7 cm³/mol. The minimum atomic E-state index is -0.743. The molecule has 0 radical (unpaired) electrons. The van der Waals surface area contributed by atoms with Crippen LogP contribution in [0.3, 0.4) is 0 Å². The zero-order chi connectivity index (χ0) is 16.4. The van der Waals surface area contributed by atoms with Crippen LogP contribution in [-0.2, 0) is 19.1 Å². The number of esters is 1. The zero-order valence-corrected chi connectivity index (χ0v) is 12.6. The first-order valence-electron chi connectivity index (χ1n) is 7.33. The SMILES string of the molecule is CN1C(=O)[C@H]2[C@H](CC=C[C@H]2OC(=O)C#Cc2ccccc2)C1=O. The fourth-order valence-corrected chi connectivity index (χ4v) is 2.91. The number of ether oxygens (including phenoxy) is 1. The Morgan fingerprint density at radius 1 is 1.22 bits per heavy atom. The summed E-state index contributed by atoms with van der Waals surface area (Å²) in [7, 11) is 1.46. The lowest BCUT2D eigenvalue weighted by Crippen LogP contribution is -2.35. The molecule has 116 valence electrons. The van der Waals surface area contributed by atoms with Crippen LogP contribution in [0.25, 0.3) is 0 Å². The average Bonchev–Trinajstić information content (AvgIpc) is 2.79. The number of carbonyl (C=O) groups is 3. The van der Waals surface area contributed by atoms with Crippen molar-refractivity contribution >= 4 is 17.8 Å². The summed E-state index contributed by atoms with van der Waals surface area (Å²) in [6.07, 6.45) is 3.18. The number of hydrogen-bond acceptors (Lipinski definition) is 4. The Bertz CT molecular complexity index is 741. The van der Waals surface area contributed by atoms with Crippen LogP contribution in [0, 0.1) is 23.7 Å². The highest BCUT2D eigenvalue weighted by atomic mass is 16.5. The largest absolute Gasteiger partial charge is 0.448 e. The van der Waals surface area contributed by atoms with Crippen molar-refractivity contribution in [1.82, 2.24) is 4.90 Å². The highest BCUT2D eigenvalue weighted by Crippen LogP contribution is 2.35. The van der Waals surface area contributed by atoms with Crippen LogP contribution < -0.4 is 0 Å². The number of fused-ring (bicyclic) bond motifs is 1. The Morgan fingerprint density at radius 2 is 1.96 bits per heavy atom. The lowest BCUT2D eigenvalue weighted by molar-refractivity contribution is -0.146. The monoisotopic (exact) mass is 309 g/mol. The normalized spacial score (nSPS) is 25.6. The first kappa shape index (κ1) is 15.0. The van der Waals surface area contributed by atoms with Gasteiger partial charge in [-0.3, -0.25) is 14.5 Å². The molecule has 0 aromatic heterocycles. The number of hydrogen-bond donors (Lipinski definition) is 0. The third-order valence-corrected chi connectivity index (χ3v) is 4.09. The molecule has 1 aliphatic heterocycles. The van der Waals surface area contributed by atoms with Crippen molar-refractivity contribution in [3.63, 3.8) is 0 Å². The van der Waals surface area contributed by atoms with Crippen LogP contribution in [0.4, 0.5) is 0 Å². The molecule has 1 aromatic carbocycles. The van der Waals surface area contributed by atoms with Crippen LogP contribution in [0.2, 0.25) is 0 Å². The summed E-state index contributed by atoms with van der Waals surface area (Å²) >= 11 is 0. The Balaban J connectivity index is 1.73. The van der Waals surface area contributed by atoms with E-state index >= 15 is 0 Å². The summed E-state index contributed by atoms with van der Waals surface area (Å²) in [4.78, 5) is 37.2. The minimum Gasteiger partial charge on any atom is -0.448 e. The first-order chi connectivity index (χ1) is 11.1. The molecule has 2 amide bonds. The lowest BCUT2D eigenvalue weighted by atomic mass is 9.83. The standard InChI is InChI=1S/C18H15NO4/c1-19-17(21)13-8-5-9-14(16(13)18(19)22)23-15(20)11-10-12-6-3-2-4-7-12/h2-7,9,13-14,16H,8H2,1H3/t13-,14+,16-/m0/s1. The van der Waals surface area contributed by atoms with Crippen molar-refractivity contribution in [2.75, 3.05) is 7.05 Å². The number of benzene rings is 1. The molecule has 3 rings (SSSR count). The van der Waals surface area contributed by atoms with Gasteiger partial charge in [0.25, 0.3) is 0 Å². The number of allylic oxidation sites excluding steroid dienone is 1. The topological polar surface area (TPSA) is 63.7 Å². The Kier molecular flexibility index (Phi) is 3.98. The predicted octanol–water partition coefficient (Wildman–Crippen LogP) is 1.14. The van der Waals surface area contributed by atoms with Gasteiger partial charge in [-0.15, -0.1) is 0 Å². The molecule has 3 atom stereocenters. The van der Waals surface area contributed by atoms with E-state index in [0.29, 0.717) is 12.0 Å². The number of likely N-dealkylation sites (tertiary alicyclic amines) is 1. The molecular formula is C18H15NO4. The van der Waals surface area contributed by atoms with Gasteiger partial charge >= 0.3 is 5.97 Å². The van der Waals surface area contributed by atoms with Gasteiger partial charge < -0.3 is 4.74 Å². The molecule has 0 unspecified atom stereocenters. The van der Waals surface area contributed by atoms with Crippen molar-refractivity contribution in [2.45, 2.75) is 12.5 Å². The molecule has 1 aliphatic carbocycles. The summed E-state index contributed by atoms with van der Waals surface area (Å²) in [5, 5.41) is 0. The second-order valence-corrected chi connectivity index (χ2v) is 5.52. The van der Waals surface area contributed by atoms with Gasteiger partial charge in [-0.1, -0.05) is 30.2 Å². The molecule has 2 aliphatic rings. The fourth-order valence-electron chi connectivity index (χ4n) is 2.91. The Labute approximate surface area is 133 Å². The molecule has 0 N–H and O–H groups in total. The van der Waals surface area contributed by atoms with Crippen LogP contribution in [0.15, 0.2) is 42.5 Å². The van der Waals surface area contributed by atoms with Gasteiger partial charge in [0.05, 0.1) is 11.8 Å². The molecule has 0 spiro atoms. The number of nitrogens with zero attached hydrogens (tertiary/aromatic N) is 1. The Hall–Kier alpha value is -2.87. The van der Waals surface area contributed by atoms with E-state index in [0.717, 1.165) is 4.90 Å². The number of rotatable bonds is 1. The summed E-state index contributed by atoms with van der Waals surface area (Å²) in [6.45, 7) is 0. The summed E-state index contributed by atoms with van der Waals surface area (Å²) in [6, 6.07) is 9.07. The third-order valence-electron chi connectivity index (χ3n) is 4.09. The number of imide groups is 1. The van der Waals surface area contributed by atoms with Gasteiger partial charge in [-0.25, -0.2) is 4.79 Å². The van der Waals surface area contributed by atoms with Crippen LogP contribution in [-0.4, -0.2) is 35.8 Å². The van der Waals surface area contributed by atoms with Crippen molar-refractivity contribution in [2.24, 2.45) is 11.8 Å². The maximum absolute atomic E-state index is 12.2. The maximum Gasteiger partial charge on any atom is 0.385 e. The average molecular weight is 309 g/mol. The zero-order valence-electron chi connectivity index (χ0n) is 12.6. The molecule has 1 aromatic rings. The van der Waals surface area contributed by atoms with Gasteiger partial charge in [0.1, 0.15) is 6.10 Å². The molecule has 1 heterocycles. The smallest absolute Gasteiger partial charge is 0.385 e. The summed E-state index contributed by atoms with van der Waals surface area (Å²) in [5.74, 6) is 2.80. The molecule has 1 saturated heterocycles. The van der Waals surface area contributed by atoms with Gasteiger partial charge in [0.2, 0.25) is 11.8 Å². The summed E-state index contributed by atoms with van der Waals surface area (Å²) in [5.41, 5.74) is 0.702. The van der Waals surface area contributed by atoms with E-state index in [1.165, 1.54) is 7.05 Å². The molecule has 5 nitrogen and oxygen atoms in total. The number of amides is 2. The molecular weight excluding hydrogens is 294 g/mol. The quantitative estimate of drug-likeness (QED) is 0.338. The number of carbonyl (C=O) groups excluding carboxylic acids is 3. The molecule has 1 fully saturated rings. The molecule has 0 saturated carbocycles. The Morgan fingerprint density at radius 3 is 2.70 bits per heavy atom. The molecule has 5 heteroatoms. The van der Waals surface area contributed by atoms with Crippen molar-refractivity contribution in [3.8, 4) is 11.8 Å². The molecule has 23 heavy (non-hydrogen) atoms. The van der Waals surface area contributed by atoms with E-state index in [4.69, 9.17) is 4.74 Å². The van der Waals surface area contributed by atoms with E-state index in [9.17, 15) is 14.4 Å². The second-order valence-electron chi connectivity index (χ2n) is 5.52. The van der Waals surface area contributed by atoms with Crippen molar-refractivity contribution < 1.29 is 19.1 Å². The second kappa shape index (κ2) is 6.09. The van der Waals surface area contributed by atoms with Crippen molar-refractivity contribution in [3.05, 3.63) is 48.0 Å².